The first kappa shape index (κ1) is 48.1. The lowest BCUT2D eigenvalue weighted by Gasteiger charge is -2.15. The maximum atomic E-state index is 11.4. The summed E-state index contributed by atoms with van der Waals surface area (Å²) in [6.45, 7) is 21.3. The lowest BCUT2D eigenvalue weighted by molar-refractivity contribution is -0.0498. The lowest BCUT2D eigenvalue weighted by atomic mass is 9.58. The fourth-order valence-corrected chi connectivity index (χ4v) is 7.83. The van der Waals surface area contributed by atoms with Crippen molar-refractivity contribution in [3.05, 3.63) is 104 Å². The molecule has 0 aliphatic rings. The summed E-state index contributed by atoms with van der Waals surface area (Å²) in [6, 6.07) is 16.7. The van der Waals surface area contributed by atoms with Gasteiger partial charge in [0, 0.05) is 0 Å². The molecule has 0 atom stereocenters. The summed E-state index contributed by atoms with van der Waals surface area (Å²) in [7, 11) is -8.33. The molecular weight excluding hydrogens is 752 g/mol. The van der Waals surface area contributed by atoms with E-state index >= 15 is 0 Å². The van der Waals surface area contributed by atoms with Gasteiger partial charge in [0.2, 0.25) is 0 Å². The van der Waals surface area contributed by atoms with Gasteiger partial charge >= 0.3 is 28.8 Å². The van der Waals surface area contributed by atoms with Crippen LogP contribution in [-0.2, 0) is 17.7 Å². The second-order valence-electron chi connectivity index (χ2n) is 12.9. The van der Waals surface area contributed by atoms with Crippen molar-refractivity contribution in [3.63, 3.8) is 0 Å². The molecule has 0 amide bonds. The highest BCUT2D eigenvalue weighted by Gasteiger charge is 2.66. The summed E-state index contributed by atoms with van der Waals surface area (Å²) in [5, 5.41) is 9.62. The van der Waals surface area contributed by atoms with E-state index in [1.165, 1.54) is 66.4 Å². The van der Waals surface area contributed by atoms with E-state index in [2.05, 4.69) is 106 Å². The lowest BCUT2D eigenvalue weighted by Crippen LogP contribution is -2.39. The van der Waals surface area contributed by atoms with Gasteiger partial charge in [0.05, 0.1) is 7.11 Å². The normalized spacial score (nSPS) is 11.6. The molecule has 54 heavy (non-hydrogen) atoms. The molecule has 0 bridgehead atoms. The number of benzene rings is 4. The van der Waals surface area contributed by atoms with Crippen LogP contribution in [0, 0.1) is 69.2 Å². The summed E-state index contributed by atoms with van der Waals surface area (Å²) in [5.41, 5.74) is 4.69. The van der Waals surface area contributed by atoms with Crippen molar-refractivity contribution in [2.75, 3.05) is 7.11 Å². The maximum Gasteiger partial charge on any atom is 0.512 e. The van der Waals surface area contributed by atoms with E-state index in [1.54, 1.807) is 7.11 Å². The Morgan fingerprint density at radius 2 is 0.704 bits per heavy atom. The predicted molar refractivity (Wildman–Crippen MR) is 208 cm³/mol. The molecule has 0 unspecified atom stereocenters. The summed E-state index contributed by atoms with van der Waals surface area (Å²) in [5.74, 6) is 1.26. The summed E-state index contributed by atoms with van der Waals surface area (Å²) >= 11 is 0. The number of rotatable bonds is 6. The molecule has 1 N–H and O–H groups in total. The van der Waals surface area contributed by atoms with Gasteiger partial charge < -0.3 is 9.84 Å². The number of alkyl halides is 6. The fraction of sp³-hybridized carbons (Fsp3) is 0.368. The van der Waals surface area contributed by atoms with Crippen molar-refractivity contribution in [1.29, 1.82) is 0 Å². The largest absolute Gasteiger partial charge is 0.512 e. The monoisotopic (exact) mass is 798 g/mol. The Kier molecular flexibility index (Phi) is 16.2. The average molecular weight is 799 g/mol. The fourth-order valence-electron chi connectivity index (χ4n) is 5.84. The smallest absolute Gasteiger partial charge is 0.508 e. The van der Waals surface area contributed by atoms with Gasteiger partial charge in [-0.1, -0.05) is 109 Å². The molecule has 16 heteroatoms. The SMILES string of the molecule is C.COc1cc(C)c([B]c2c(C)cc(C)cc2C)c(C)c1.Cc1cc(C)c([B]c2c(C)cc(O)cc2C)c(C)c1.O=S(=O)(C(F)(F)F)S(=O)(=O)C(F)(F)F. The highest BCUT2D eigenvalue weighted by atomic mass is 33.2. The molecule has 0 aliphatic carbocycles. The molecule has 2 radical (unpaired) electrons. The Morgan fingerprint density at radius 1 is 0.481 bits per heavy atom. The first-order chi connectivity index (χ1) is 24.0. The van der Waals surface area contributed by atoms with Gasteiger partial charge in [0.25, 0.3) is 0 Å². The minimum Gasteiger partial charge on any atom is -0.508 e. The number of methoxy groups -OCH3 is 1. The van der Waals surface area contributed by atoms with E-state index in [-0.39, 0.29) is 7.43 Å². The standard InChI is InChI=1S/C18H22BO.C17H20BO.C2F6O4S2.CH4/c1-11-7-12(2)17(13(3)8-11)19-18-14(4)9-16(20-6)10-15(18)5;1-10-6-11(2)16(12(3)7-10)18-17-13(4)8-15(19)9-14(17)5;3-1(4,5)13(9,10)14(11,12)2(6,7)8;/h7-10H,1-6H3;6-9,19H,1-5H3;;1H4. The van der Waals surface area contributed by atoms with Crippen LogP contribution >= 0.6 is 0 Å². The Hall–Kier alpha value is -3.91. The third kappa shape index (κ3) is 11.3. The van der Waals surface area contributed by atoms with Crippen molar-refractivity contribution in [3.8, 4) is 11.5 Å². The van der Waals surface area contributed by atoms with Gasteiger partial charge in [0.15, 0.2) is 14.6 Å². The number of phenols is 1. The molecule has 0 heterocycles. The van der Waals surface area contributed by atoms with Crippen LogP contribution in [0.5, 0.6) is 11.5 Å². The van der Waals surface area contributed by atoms with Gasteiger partial charge in [-0.05, 0) is 93.5 Å². The minimum atomic E-state index is -7.29. The van der Waals surface area contributed by atoms with Crippen molar-refractivity contribution in [1.82, 2.24) is 0 Å². The Morgan fingerprint density at radius 3 is 0.926 bits per heavy atom. The van der Waals surface area contributed by atoms with Gasteiger partial charge in [-0.15, -0.1) is 0 Å². The van der Waals surface area contributed by atoms with Crippen LogP contribution in [-0.4, -0.2) is 54.6 Å². The van der Waals surface area contributed by atoms with E-state index < -0.39 is 28.8 Å². The predicted octanol–water partition coefficient (Wildman–Crippen LogP) is 6.89. The van der Waals surface area contributed by atoms with Crippen LogP contribution in [0.2, 0.25) is 0 Å². The number of aryl methyl sites for hydroxylation is 10. The zero-order valence-corrected chi connectivity index (χ0v) is 33.0. The quantitative estimate of drug-likeness (QED) is 0.130. The van der Waals surface area contributed by atoms with Crippen LogP contribution in [0.3, 0.4) is 0 Å². The first-order valence-electron chi connectivity index (χ1n) is 16.0. The third-order valence-corrected chi connectivity index (χ3v) is 12.9. The van der Waals surface area contributed by atoms with E-state index in [0.717, 1.165) is 16.9 Å². The summed E-state index contributed by atoms with van der Waals surface area (Å²) < 4.78 is 113. The number of aromatic hydroxyl groups is 1. The maximum absolute atomic E-state index is 11.4. The molecule has 0 aromatic heterocycles. The van der Waals surface area contributed by atoms with Crippen molar-refractivity contribution in [2.24, 2.45) is 0 Å². The van der Waals surface area contributed by atoms with Crippen molar-refractivity contribution in [2.45, 2.75) is 87.7 Å². The van der Waals surface area contributed by atoms with Crippen LogP contribution in [0.25, 0.3) is 0 Å². The number of ether oxygens (including phenoxy) is 1. The molecule has 0 saturated carbocycles. The molecule has 4 aromatic carbocycles. The van der Waals surface area contributed by atoms with Crippen molar-refractivity contribution < 1.29 is 53.0 Å². The van der Waals surface area contributed by atoms with Crippen LogP contribution < -0.4 is 26.6 Å². The molecule has 0 fully saturated rings. The molecule has 0 aliphatic heterocycles. The van der Waals surface area contributed by atoms with E-state index in [4.69, 9.17) is 4.74 Å². The average Bonchev–Trinajstić information content (AvgIpc) is 2.98. The molecule has 0 spiro atoms. The Bertz CT molecular complexity index is 2010. The molecule has 6 nitrogen and oxygen atoms in total. The number of halogens is 6. The highest BCUT2D eigenvalue weighted by Crippen LogP contribution is 2.37. The minimum absolute atomic E-state index is 0. The van der Waals surface area contributed by atoms with E-state index in [0.29, 0.717) is 5.75 Å². The second kappa shape index (κ2) is 18.1. The molecule has 0 saturated heterocycles. The molecule has 4 aromatic rings. The first-order valence-corrected chi connectivity index (χ1v) is 19.5. The summed E-state index contributed by atoms with van der Waals surface area (Å²) in [4.78, 5) is 0. The topological polar surface area (TPSA) is 97.7 Å². The van der Waals surface area contributed by atoms with E-state index in [9.17, 15) is 48.3 Å². The zero-order valence-electron chi connectivity index (χ0n) is 31.3. The molecular formula is C38H46B2F6O6S2. The second-order valence-corrected chi connectivity index (χ2v) is 18.3. The Labute approximate surface area is 316 Å². The summed E-state index contributed by atoms with van der Waals surface area (Å²) in [6.07, 6.45) is 0. The Balaban J connectivity index is 0.000000409. The molecule has 4 rings (SSSR count). The van der Waals surface area contributed by atoms with Crippen LogP contribution in [0.15, 0.2) is 48.5 Å². The van der Waals surface area contributed by atoms with Crippen LogP contribution in [0.4, 0.5) is 26.3 Å². The van der Waals surface area contributed by atoms with Gasteiger partial charge in [-0.25, -0.2) is 16.8 Å². The van der Waals surface area contributed by atoms with Crippen LogP contribution in [0.1, 0.15) is 63.1 Å². The van der Waals surface area contributed by atoms with Gasteiger partial charge in [-0.2, -0.15) is 26.3 Å². The van der Waals surface area contributed by atoms with Gasteiger partial charge in [-0.3, -0.25) is 0 Å². The molecule has 294 valence electrons. The zero-order chi connectivity index (χ0) is 41.0. The number of hydrogen-bond acceptors (Lipinski definition) is 6. The number of phenolic OH excluding ortho intramolecular Hbond substituents is 1. The van der Waals surface area contributed by atoms with E-state index in [1.807, 2.05) is 26.0 Å². The van der Waals surface area contributed by atoms with Crippen molar-refractivity contribution >= 4 is 54.1 Å². The van der Waals surface area contributed by atoms with Gasteiger partial charge in [0.1, 0.15) is 11.5 Å². The third-order valence-electron chi connectivity index (χ3n) is 8.29. The highest BCUT2D eigenvalue weighted by molar-refractivity contribution is 8.67. The number of hydrogen-bond donors (Lipinski definition) is 1.